The number of aromatic nitrogens is 4. The van der Waals surface area contributed by atoms with Gasteiger partial charge in [0.1, 0.15) is 0 Å². The summed E-state index contributed by atoms with van der Waals surface area (Å²) in [6.45, 7) is 2.29. The van der Waals surface area contributed by atoms with Gasteiger partial charge in [-0.05, 0) is 19.4 Å². The Morgan fingerprint density at radius 3 is 2.83 bits per heavy atom. The molecule has 0 bridgehead atoms. The van der Waals surface area contributed by atoms with Crippen molar-refractivity contribution in [1.29, 1.82) is 0 Å². The van der Waals surface area contributed by atoms with Gasteiger partial charge in [-0.1, -0.05) is 11.3 Å². The summed E-state index contributed by atoms with van der Waals surface area (Å²) < 4.78 is 11.7. The fourth-order valence-corrected chi connectivity index (χ4v) is 3.71. The van der Waals surface area contributed by atoms with Crippen LogP contribution in [0.2, 0.25) is 0 Å². The number of carbonyl (C=O) groups is 2. The summed E-state index contributed by atoms with van der Waals surface area (Å²) in [5.41, 5.74) is 0.224. The molecule has 29 heavy (non-hydrogen) atoms. The Kier molecular flexibility index (Phi) is 4.84. The van der Waals surface area contributed by atoms with E-state index in [0.29, 0.717) is 24.5 Å². The molecule has 0 atom stereocenters. The average Bonchev–Trinajstić information content (AvgIpc) is 3.42. The van der Waals surface area contributed by atoms with Crippen LogP contribution in [0.1, 0.15) is 29.1 Å². The number of amides is 2. The highest BCUT2D eigenvalue weighted by atomic mass is 32.1. The zero-order chi connectivity index (χ0) is 20.5. The summed E-state index contributed by atoms with van der Waals surface area (Å²) in [6.07, 6.45) is 2.65. The zero-order valence-corrected chi connectivity index (χ0v) is 16.4. The first-order valence-corrected chi connectivity index (χ1v) is 9.48. The lowest BCUT2D eigenvalue weighted by Crippen LogP contribution is -2.27. The zero-order valence-electron chi connectivity index (χ0n) is 15.5. The van der Waals surface area contributed by atoms with Crippen LogP contribution in [0.4, 0.5) is 10.8 Å². The molecule has 1 saturated heterocycles. The molecule has 12 heteroatoms. The molecule has 1 fully saturated rings. The number of aryl methyl sites for hydroxylation is 1. The van der Waals surface area contributed by atoms with Gasteiger partial charge in [0.15, 0.2) is 5.76 Å². The lowest BCUT2D eigenvalue weighted by Gasteiger charge is -2.18. The molecule has 3 aromatic heterocycles. The quantitative estimate of drug-likeness (QED) is 0.659. The van der Waals surface area contributed by atoms with Crippen molar-refractivity contribution in [2.75, 3.05) is 23.9 Å². The molecule has 1 aliphatic heterocycles. The van der Waals surface area contributed by atoms with Gasteiger partial charge < -0.3 is 14.1 Å². The monoisotopic (exact) mass is 416 g/mol. The molecule has 4 heterocycles. The van der Waals surface area contributed by atoms with E-state index in [1.54, 1.807) is 10.9 Å². The van der Waals surface area contributed by atoms with E-state index in [-0.39, 0.29) is 28.2 Å². The van der Waals surface area contributed by atoms with Gasteiger partial charge in [0.05, 0.1) is 12.8 Å². The lowest BCUT2D eigenvalue weighted by molar-refractivity contribution is -0.117. The summed E-state index contributed by atoms with van der Waals surface area (Å²) in [5, 5.41) is 15.3. The van der Waals surface area contributed by atoms with E-state index in [9.17, 15) is 14.4 Å². The highest BCUT2D eigenvalue weighted by Gasteiger charge is 2.28. The van der Waals surface area contributed by atoms with Gasteiger partial charge in [-0.3, -0.25) is 14.9 Å². The van der Waals surface area contributed by atoms with E-state index < -0.39 is 11.5 Å². The third-order valence-corrected chi connectivity index (χ3v) is 5.14. The van der Waals surface area contributed by atoms with E-state index in [1.807, 2.05) is 13.0 Å². The summed E-state index contributed by atoms with van der Waals surface area (Å²) >= 11 is 1.11. The fourth-order valence-electron chi connectivity index (χ4n) is 2.95. The van der Waals surface area contributed by atoms with Crippen LogP contribution in [0.5, 0.6) is 5.75 Å². The highest BCUT2D eigenvalue weighted by Crippen LogP contribution is 2.30. The van der Waals surface area contributed by atoms with Crippen LogP contribution in [0.3, 0.4) is 0 Å². The van der Waals surface area contributed by atoms with Gasteiger partial charge in [-0.15, -0.1) is 10.2 Å². The first-order valence-electron chi connectivity index (χ1n) is 8.66. The number of nitrogens with one attached hydrogen (secondary N) is 1. The molecule has 0 spiro atoms. The van der Waals surface area contributed by atoms with Crippen LogP contribution in [0, 0.1) is 6.92 Å². The molecular formula is C17H16N6O5S. The average molecular weight is 416 g/mol. The van der Waals surface area contributed by atoms with Crippen LogP contribution >= 0.6 is 11.3 Å². The van der Waals surface area contributed by atoms with E-state index >= 15 is 0 Å². The van der Waals surface area contributed by atoms with Crippen molar-refractivity contribution < 1.29 is 18.7 Å². The molecule has 150 valence electrons. The summed E-state index contributed by atoms with van der Waals surface area (Å²) in [4.78, 5) is 38.4. The molecular weight excluding hydrogens is 400 g/mol. The third kappa shape index (κ3) is 3.49. The molecule has 0 unspecified atom stereocenters. The number of hydrogen-bond acceptors (Lipinski definition) is 9. The molecule has 3 aromatic rings. The van der Waals surface area contributed by atoms with Crippen molar-refractivity contribution in [3.63, 3.8) is 0 Å². The lowest BCUT2D eigenvalue weighted by atomic mass is 10.3. The van der Waals surface area contributed by atoms with Gasteiger partial charge in [-0.2, -0.15) is 5.10 Å². The second-order valence-electron chi connectivity index (χ2n) is 6.19. The number of carbonyl (C=O) groups excluding carboxylic acids is 2. The number of ether oxygens (including phenoxy) is 1. The minimum Gasteiger partial charge on any atom is -0.488 e. The minimum absolute atomic E-state index is 0.121. The molecule has 1 N–H and O–H groups in total. The largest absolute Gasteiger partial charge is 0.488 e. The van der Waals surface area contributed by atoms with Gasteiger partial charge in [0, 0.05) is 30.9 Å². The molecule has 0 aliphatic carbocycles. The molecule has 0 saturated carbocycles. The number of nitrogens with zero attached hydrogens (tertiary/aromatic N) is 5. The summed E-state index contributed by atoms with van der Waals surface area (Å²) in [7, 11) is 1.30. The molecule has 11 nitrogen and oxygen atoms in total. The van der Waals surface area contributed by atoms with Crippen LogP contribution in [-0.2, 0) is 4.79 Å². The maximum Gasteiger partial charge on any atom is 0.381 e. The van der Waals surface area contributed by atoms with Crippen LogP contribution < -0.4 is 20.6 Å². The number of anilines is 2. The molecule has 0 aromatic carbocycles. The van der Waals surface area contributed by atoms with Crippen LogP contribution in [-0.4, -0.2) is 45.4 Å². The predicted octanol–water partition coefficient (Wildman–Crippen LogP) is 1.37. The normalized spacial score (nSPS) is 13.7. The Morgan fingerprint density at radius 2 is 2.17 bits per heavy atom. The van der Waals surface area contributed by atoms with Crippen molar-refractivity contribution in [2.45, 2.75) is 19.8 Å². The Bertz CT molecular complexity index is 1150. The summed E-state index contributed by atoms with van der Waals surface area (Å²) in [6, 6.07) is 3.13. The number of methoxy groups -OCH3 is 1. The topological polar surface area (TPSA) is 132 Å². The van der Waals surface area contributed by atoms with E-state index in [1.165, 1.54) is 18.1 Å². The predicted molar refractivity (Wildman–Crippen MR) is 103 cm³/mol. The molecule has 2 amide bonds. The summed E-state index contributed by atoms with van der Waals surface area (Å²) in [5.74, 6) is -1.23. The maximum atomic E-state index is 12.6. The maximum absolute atomic E-state index is 12.6. The second kappa shape index (κ2) is 7.47. The van der Waals surface area contributed by atoms with Crippen molar-refractivity contribution in [3.05, 3.63) is 40.2 Å². The molecule has 0 radical (unpaired) electrons. The minimum atomic E-state index is -0.847. The third-order valence-electron chi connectivity index (χ3n) is 4.33. The molecule has 1 aliphatic rings. The standard InChI is InChI=1S/C17H16N6O5S/c1-9-5-6-18-23(9)17-21-20-16(29-17)19-14(25)11-8-10(13(27-2)15(26)28-11)22-7-3-4-12(22)24/h5-6,8H,3-4,7H2,1-2H3,(H,19,20,25). The van der Waals surface area contributed by atoms with E-state index in [4.69, 9.17) is 9.15 Å². The van der Waals surface area contributed by atoms with Crippen LogP contribution in [0.15, 0.2) is 27.5 Å². The Morgan fingerprint density at radius 1 is 1.34 bits per heavy atom. The highest BCUT2D eigenvalue weighted by molar-refractivity contribution is 7.17. The first kappa shape index (κ1) is 18.8. The fraction of sp³-hybridized carbons (Fsp3) is 0.294. The van der Waals surface area contributed by atoms with Crippen LogP contribution in [0.25, 0.3) is 5.13 Å². The van der Waals surface area contributed by atoms with Crippen molar-refractivity contribution in [2.24, 2.45) is 0 Å². The Balaban J connectivity index is 1.61. The Hall–Kier alpha value is -3.54. The first-order chi connectivity index (χ1) is 14.0. The van der Waals surface area contributed by atoms with Gasteiger partial charge in [-0.25, -0.2) is 9.48 Å². The SMILES string of the molecule is COc1c(N2CCCC2=O)cc(C(=O)Nc2nnc(-n3nccc3C)s2)oc1=O. The van der Waals surface area contributed by atoms with Crippen molar-refractivity contribution >= 4 is 34.0 Å². The van der Waals surface area contributed by atoms with Gasteiger partial charge >= 0.3 is 5.63 Å². The number of rotatable bonds is 5. The van der Waals surface area contributed by atoms with E-state index in [0.717, 1.165) is 17.0 Å². The van der Waals surface area contributed by atoms with E-state index in [2.05, 4.69) is 20.6 Å². The van der Waals surface area contributed by atoms with Crippen molar-refractivity contribution in [1.82, 2.24) is 20.0 Å². The number of hydrogen-bond donors (Lipinski definition) is 1. The Labute approximate surface area is 167 Å². The van der Waals surface area contributed by atoms with Crippen molar-refractivity contribution in [3.8, 4) is 10.9 Å². The second-order valence-corrected chi connectivity index (χ2v) is 7.15. The van der Waals surface area contributed by atoms with Gasteiger partial charge in [0.25, 0.3) is 5.91 Å². The molecule has 4 rings (SSSR count). The van der Waals surface area contributed by atoms with Gasteiger partial charge in [0.2, 0.25) is 21.9 Å². The smallest absolute Gasteiger partial charge is 0.381 e.